The van der Waals surface area contributed by atoms with E-state index in [1.54, 1.807) is 24.3 Å². The van der Waals surface area contributed by atoms with E-state index in [0.717, 1.165) is 11.1 Å². The van der Waals surface area contributed by atoms with Crippen LogP contribution in [0, 0.1) is 0 Å². The van der Waals surface area contributed by atoms with Crippen LogP contribution in [0.3, 0.4) is 0 Å². The average Bonchev–Trinajstić information content (AvgIpc) is 3.10. The molecule has 8 heteroatoms. The van der Waals surface area contributed by atoms with Crippen LogP contribution >= 0.6 is 0 Å². The molecule has 0 radical (unpaired) electrons. The molecule has 8 nitrogen and oxygen atoms in total. The molecule has 1 aromatic heterocycles. The topological polar surface area (TPSA) is 93.4 Å². The first-order chi connectivity index (χ1) is 12.5. The Bertz CT molecular complexity index is 919. The second-order valence-corrected chi connectivity index (χ2v) is 5.93. The van der Waals surface area contributed by atoms with Crippen LogP contribution < -0.4 is 4.90 Å². The maximum absolute atomic E-state index is 11.5. The van der Waals surface area contributed by atoms with Crippen LogP contribution in [0.15, 0.2) is 42.5 Å². The SMILES string of the molecule is COC(=O)c1ccc(Cn2nnc(-c3ccc(O)c(N(C)C)c3)n2)cc1. The van der Waals surface area contributed by atoms with Crippen molar-refractivity contribution in [1.29, 1.82) is 0 Å². The van der Waals surface area contributed by atoms with Crippen molar-refractivity contribution in [3.8, 4) is 17.1 Å². The standard InChI is InChI=1S/C18H19N5O3/c1-22(2)15-10-14(8-9-16(15)24)17-19-21-23(20-17)11-12-4-6-13(7-5-12)18(25)26-3/h4-10,24H,11H2,1-3H3. The first-order valence-electron chi connectivity index (χ1n) is 7.93. The fourth-order valence-electron chi connectivity index (χ4n) is 2.47. The Morgan fingerprint density at radius 3 is 2.58 bits per heavy atom. The van der Waals surface area contributed by atoms with Gasteiger partial charge in [-0.3, -0.25) is 0 Å². The third-order valence-electron chi connectivity index (χ3n) is 3.87. The summed E-state index contributed by atoms with van der Waals surface area (Å²) in [6.07, 6.45) is 0. The van der Waals surface area contributed by atoms with Gasteiger partial charge in [0.1, 0.15) is 5.75 Å². The van der Waals surface area contributed by atoms with Crippen LogP contribution in [0.5, 0.6) is 5.75 Å². The van der Waals surface area contributed by atoms with Gasteiger partial charge in [-0.2, -0.15) is 4.80 Å². The second kappa shape index (κ2) is 7.22. The Morgan fingerprint density at radius 1 is 1.19 bits per heavy atom. The molecule has 26 heavy (non-hydrogen) atoms. The van der Waals surface area contributed by atoms with E-state index in [-0.39, 0.29) is 11.7 Å². The first kappa shape index (κ1) is 17.4. The average molecular weight is 353 g/mol. The van der Waals surface area contributed by atoms with Gasteiger partial charge in [0.25, 0.3) is 0 Å². The van der Waals surface area contributed by atoms with Crippen molar-refractivity contribution in [1.82, 2.24) is 20.2 Å². The molecule has 0 unspecified atom stereocenters. The molecule has 3 aromatic rings. The van der Waals surface area contributed by atoms with Crippen molar-refractivity contribution in [2.24, 2.45) is 0 Å². The van der Waals surface area contributed by atoms with Crippen LogP contribution in [0.25, 0.3) is 11.4 Å². The van der Waals surface area contributed by atoms with Gasteiger partial charge in [-0.05, 0) is 41.1 Å². The number of ether oxygens (including phenoxy) is 1. The summed E-state index contributed by atoms with van der Waals surface area (Å²) in [5.41, 5.74) is 2.86. The molecule has 0 aliphatic carbocycles. The fourth-order valence-corrected chi connectivity index (χ4v) is 2.47. The van der Waals surface area contributed by atoms with E-state index in [2.05, 4.69) is 20.1 Å². The lowest BCUT2D eigenvalue weighted by atomic mass is 10.1. The molecule has 0 saturated carbocycles. The number of benzene rings is 2. The third-order valence-corrected chi connectivity index (χ3v) is 3.87. The van der Waals surface area contributed by atoms with Crippen LogP contribution in [-0.4, -0.2) is 52.5 Å². The summed E-state index contributed by atoms with van der Waals surface area (Å²) in [6.45, 7) is 0.424. The van der Waals surface area contributed by atoms with E-state index in [0.29, 0.717) is 23.6 Å². The van der Waals surface area contributed by atoms with Crippen molar-refractivity contribution in [2.45, 2.75) is 6.54 Å². The number of nitrogens with zero attached hydrogens (tertiary/aromatic N) is 5. The Kier molecular flexibility index (Phi) is 4.83. The van der Waals surface area contributed by atoms with Crippen molar-refractivity contribution in [2.75, 3.05) is 26.1 Å². The Balaban J connectivity index is 1.78. The smallest absolute Gasteiger partial charge is 0.337 e. The maximum Gasteiger partial charge on any atom is 0.337 e. The number of hydrogen-bond donors (Lipinski definition) is 1. The lowest BCUT2D eigenvalue weighted by Crippen LogP contribution is -2.08. The van der Waals surface area contributed by atoms with Gasteiger partial charge in [0.15, 0.2) is 0 Å². The number of aromatic nitrogens is 4. The number of esters is 1. The molecule has 2 aromatic carbocycles. The normalized spacial score (nSPS) is 10.6. The summed E-state index contributed by atoms with van der Waals surface area (Å²) < 4.78 is 4.68. The minimum atomic E-state index is -0.373. The van der Waals surface area contributed by atoms with Crippen molar-refractivity contribution >= 4 is 11.7 Å². The van der Waals surface area contributed by atoms with Crippen molar-refractivity contribution in [3.05, 3.63) is 53.6 Å². The maximum atomic E-state index is 11.5. The van der Waals surface area contributed by atoms with Crippen LogP contribution in [0.1, 0.15) is 15.9 Å². The van der Waals surface area contributed by atoms with Crippen LogP contribution in [-0.2, 0) is 11.3 Å². The Labute approximate surface area is 150 Å². The number of carbonyl (C=O) groups is 1. The van der Waals surface area contributed by atoms with Crippen molar-refractivity contribution in [3.63, 3.8) is 0 Å². The molecule has 0 bridgehead atoms. The summed E-state index contributed by atoms with van der Waals surface area (Å²) in [5, 5.41) is 22.4. The Hall–Kier alpha value is -3.42. The largest absolute Gasteiger partial charge is 0.506 e. The minimum absolute atomic E-state index is 0.192. The number of phenols is 1. The highest BCUT2D eigenvalue weighted by Gasteiger charge is 2.11. The molecule has 134 valence electrons. The van der Waals surface area contributed by atoms with Crippen molar-refractivity contribution < 1.29 is 14.6 Å². The summed E-state index contributed by atoms with van der Waals surface area (Å²) in [4.78, 5) is 14.7. The van der Waals surface area contributed by atoms with Gasteiger partial charge in [0.05, 0.1) is 24.9 Å². The molecular weight excluding hydrogens is 334 g/mol. The number of aromatic hydroxyl groups is 1. The molecular formula is C18H19N5O3. The lowest BCUT2D eigenvalue weighted by molar-refractivity contribution is 0.0600. The molecule has 1 N–H and O–H groups in total. The van der Waals surface area contributed by atoms with Gasteiger partial charge >= 0.3 is 5.97 Å². The summed E-state index contributed by atoms with van der Waals surface area (Å²) in [6, 6.07) is 12.2. The first-order valence-corrected chi connectivity index (χ1v) is 7.93. The zero-order chi connectivity index (χ0) is 18.7. The zero-order valence-corrected chi connectivity index (χ0v) is 14.7. The molecule has 1 heterocycles. The van der Waals surface area contributed by atoms with Gasteiger partial charge < -0.3 is 14.7 Å². The number of anilines is 1. The quantitative estimate of drug-likeness (QED) is 0.701. The number of methoxy groups -OCH3 is 1. The van der Waals surface area contributed by atoms with E-state index >= 15 is 0 Å². The highest BCUT2D eigenvalue weighted by Crippen LogP contribution is 2.29. The minimum Gasteiger partial charge on any atom is -0.506 e. The monoisotopic (exact) mass is 353 g/mol. The van der Waals surface area contributed by atoms with E-state index in [9.17, 15) is 9.90 Å². The van der Waals surface area contributed by atoms with Gasteiger partial charge in [-0.15, -0.1) is 10.2 Å². The zero-order valence-electron chi connectivity index (χ0n) is 14.7. The number of phenolic OH excluding ortho intramolecular Hbond substituents is 1. The number of carbonyl (C=O) groups excluding carboxylic acids is 1. The van der Waals surface area contributed by atoms with E-state index in [1.807, 2.05) is 37.2 Å². The summed E-state index contributed by atoms with van der Waals surface area (Å²) in [5.74, 6) is 0.290. The fraction of sp³-hybridized carbons (Fsp3) is 0.222. The predicted octanol–water partition coefficient (Wildman–Crippen LogP) is 1.95. The summed E-state index contributed by atoms with van der Waals surface area (Å²) in [7, 11) is 5.05. The molecule has 0 aliphatic rings. The van der Waals surface area contributed by atoms with Crippen LogP contribution in [0.4, 0.5) is 5.69 Å². The second-order valence-electron chi connectivity index (χ2n) is 5.93. The predicted molar refractivity (Wildman–Crippen MR) is 96.1 cm³/mol. The highest BCUT2D eigenvalue weighted by atomic mass is 16.5. The van der Waals surface area contributed by atoms with Gasteiger partial charge in [-0.1, -0.05) is 12.1 Å². The Morgan fingerprint density at radius 2 is 1.92 bits per heavy atom. The summed E-state index contributed by atoms with van der Waals surface area (Å²) >= 11 is 0. The molecule has 0 fully saturated rings. The molecule has 0 spiro atoms. The van der Waals surface area contributed by atoms with Crippen LogP contribution in [0.2, 0.25) is 0 Å². The molecule has 0 aliphatic heterocycles. The number of rotatable bonds is 5. The van der Waals surface area contributed by atoms with E-state index in [1.165, 1.54) is 11.9 Å². The van der Waals surface area contributed by atoms with Gasteiger partial charge in [0, 0.05) is 19.7 Å². The number of tetrazole rings is 1. The molecule has 0 saturated heterocycles. The molecule has 0 amide bonds. The van der Waals surface area contributed by atoms with Gasteiger partial charge in [0.2, 0.25) is 5.82 Å². The lowest BCUT2D eigenvalue weighted by Gasteiger charge is -2.14. The molecule has 0 atom stereocenters. The number of hydrogen-bond acceptors (Lipinski definition) is 7. The molecule has 3 rings (SSSR count). The highest BCUT2D eigenvalue weighted by molar-refractivity contribution is 5.89. The van der Waals surface area contributed by atoms with E-state index < -0.39 is 0 Å². The van der Waals surface area contributed by atoms with Gasteiger partial charge in [-0.25, -0.2) is 4.79 Å². The van der Waals surface area contributed by atoms with E-state index in [4.69, 9.17) is 0 Å². The third kappa shape index (κ3) is 3.64.